The summed E-state index contributed by atoms with van der Waals surface area (Å²) in [5.41, 5.74) is 0.882. The summed E-state index contributed by atoms with van der Waals surface area (Å²) in [5, 5.41) is 4.37. The molecule has 1 N–H and O–H groups in total. The van der Waals surface area contributed by atoms with E-state index in [9.17, 15) is 4.79 Å². The predicted octanol–water partition coefficient (Wildman–Crippen LogP) is 1.89. The maximum atomic E-state index is 12.4. The second-order valence-corrected chi connectivity index (χ2v) is 6.24. The van der Waals surface area contributed by atoms with Gasteiger partial charge in [0.05, 0.1) is 10.7 Å². The van der Waals surface area contributed by atoms with Gasteiger partial charge in [0.25, 0.3) is 5.91 Å². The molecule has 2 saturated heterocycles. The van der Waals surface area contributed by atoms with Gasteiger partial charge in [-0.05, 0) is 25.7 Å². The molecule has 2 aliphatic rings. The molecule has 2 atom stereocenters. The number of aryl methyl sites for hydroxylation is 2. The van der Waals surface area contributed by atoms with Crippen LogP contribution in [0.5, 0.6) is 0 Å². The number of rotatable bonds is 1. The first-order valence-electron chi connectivity index (χ1n) is 6.09. The van der Waals surface area contributed by atoms with E-state index in [1.165, 1.54) is 11.3 Å². The minimum atomic E-state index is 0. The number of fused-ring (bicyclic) bond motifs is 1. The van der Waals surface area contributed by atoms with E-state index in [-0.39, 0.29) is 30.7 Å². The minimum absolute atomic E-state index is 0. The van der Waals surface area contributed by atoms with Gasteiger partial charge in [-0.25, -0.2) is 4.98 Å². The lowest BCUT2D eigenvalue weighted by molar-refractivity contribution is 0.0785. The van der Waals surface area contributed by atoms with Crippen LogP contribution in [-0.2, 0) is 0 Å². The summed E-state index contributed by atoms with van der Waals surface area (Å²) in [6.07, 6.45) is 0. The Morgan fingerprint density at radius 3 is 2.32 bits per heavy atom. The monoisotopic (exact) mass is 323 g/mol. The van der Waals surface area contributed by atoms with Gasteiger partial charge in [-0.1, -0.05) is 0 Å². The van der Waals surface area contributed by atoms with Crippen molar-refractivity contribution in [1.29, 1.82) is 0 Å². The minimum Gasteiger partial charge on any atom is -0.337 e. The Morgan fingerprint density at radius 2 is 1.84 bits per heavy atom. The molecule has 3 heterocycles. The Kier molecular flexibility index (Phi) is 5.62. The van der Waals surface area contributed by atoms with Gasteiger partial charge in [-0.3, -0.25) is 4.79 Å². The Hall–Kier alpha value is -0.360. The highest BCUT2D eigenvalue weighted by Gasteiger charge is 2.38. The molecule has 19 heavy (non-hydrogen) atoms. The number of carbonyl (C=O) groups is 1. The Balaban J connectivity index is 0.000000902. The van der Waals surface area contributed by atoms with Crippen LogP contribution >= 0.6 is 36.2 Å². The van der Waals surface area contributed by atoms with Crippen molar-refractivity contribution in [3.63, 3.8) is 0 Å². The van der Waals surface area contributed by atoms with Crippen LogP contribution in [0.1, 0.15) is 20.4 Å². The number of carbonyl (C=O) groups excluding carboxylic acids is 1. The number of likely N-dealkylation sites (tertiary alicyclic amines) is 1. The molecule has 7 heteroatoms. The number of nitrogens with one attached hydrogen (secondary N) is 1. The standard InChI is InChI=1S/C12H17N3OS.2ClH/c1-7-11(17-8(2)14-7)12(16)15-5-9-3-13-4-10(9)6-15;;/h9-10,13H,3-6H2,1-2H3;2*1H/t9-,10+;;. The predicted molar refractivity (Wildman–Crippen MR) is 81.8 cm³/mol. The maximum absolute atomic E-state index is 12.4. The summed E-state index contributed by atoms with van der Waals surface area (Å²) in [4.78, 5) is 19.6. The lowest BCUT2D eigenvalue weighted by Gasteiger charge is -2.16. The van der Waals surface area contributed by atoms with Crippen LogP contribution in [-0.4, -0.2) is 42.0 Å². The fourth-order valence-electron chi connectivity index (χ4n) is 2.89. The third-order valence-electron chi connectivity index (χ3n) is 3.77. The maximum Gasteiger partial charge on any atom is 0.265 e. The number of nitrogens with zero attached hydrogens (tertiary/aromatic N) is 2. The van der Waals surface area contributed by atoms with Gasteiger partial charge < -0.3 is 10.2 Å². The number of aromatic nitrogens is 1. The Bertz CT molecular complexity index is 454. The highest BCUT2D eigenvalue weighted by molar-refractivity contribution is 7.13. The molecule has 0 spiro atoms. The highest BCUT2D eigenvalue weighted by atomic mass is 35.5. The summed E-state index contributed by atoms with van der Waals surface area (Å²) >= 11 is 1.52. The van der Waals surface area contributed by atoms with E-state index in [0.717, 1.165) is 41.8 Å². The van der Waals surface area contributed by atoms with Crippen LogP contribution in [0.4, 0.5) is 0 Å². The van der Waals surface area contributed by atoms with Gasteiger partial charge in [0.2, 0.25) is 0 Å². The van der Waals surface area contributed by atoms with Crippen molar-refractivity contribution < 1.29 is 4.79 Å². The van der Waals surface area contributed by atoms with Gasteiger partial charge in [0.1, 0.15) is 4.88 Å². The van der Waals surface area contributed by atoms with Crippen molar-refractivity contribution in [3.8, 4) is 0 Å². The SMILES string of the molecule is Cc1nc(C)c(C(=O)N2C[C@H]3CNC[C@H]3C2)s1.Cl.Cl. The lowest BCUT2D eigenvalue weighted by Crippen LogP contribution is -2.31. The first-order chi connectivity index (χ1) is 8.15. The van der Waals surface area contributed by atoms with Crippen molar-refractivity contribution in [1.82, 2.24) is 15.2 Å². The summed E-state index contributed by atoms with van der Waals surface area (Å²) < 4.78 is 0. The molecule has 3 rings (SSSR count). The molecule has 0 aliphatic carbocycles. The largest absolute Gasteiger partial charge is 0.337 e. The Labute approximate surface area is 129 Å². The second kappa shape index (κ2) is 6.39. The first-order valence-corrected chi connectivity index (χ1v) is 6.91. The van der Waals surface area contributed by atoms with E-state index in [1.54, 1.807) is 0 Å². The molecule has 108 valence electrons. The topological polar surface area (TPSA) is 45.2 Å². The van der Waals surface area contributed by atoms with Crippen LogP contribution in [0.3, 0.4) is 0 Å². The van der Waals surface area contributed by atoms with Gasteiger partial charge in [0.15, 0.2) is 0 Å². The van der Waals surface area contributed by atoms with Crippen molar-refractivity contribution in [2.75, 3.05) is 26.2 Å². The third kappa shape index (κ3) is 3.05. The number of hydrogen-bond acceptors (Lipinski definition) is 4. The van der Waals surface area contributed by atoms with Gasteiger partial charge in [0, 0.05) is 26.2 Å². The van der Waals surface area contributed by atoms with E-state index in [2.05, 4.69) is 10.3 Å². The van der Waals surface area contributed by atoms with Gasteiger partial charge >= 0.3 is 0 Å². The van der Waals surface area contributed by atoms with Crippen LogP contribution in [0, 0.1) is 25.7 Å². The highest BCUT2D eigenvalue weighted by Crippen LogP contribution is 2.29. The van der Waals surface area contributed by atoms with Crippen molar-refractivity contribution in [2.45, 2.75) is 13.8 Å². The fraction of sp³-hybridized carbons (Fsp3) is 0.667. The number of hydrogen-bond donors (Lipinski definition) is 1. The lowest BCUT2D eigenvalue weighted by atomic mass is 10.0. The summed E-state index contributed by atoms with van der Waals surface area (Å²) in [6, 6.07) is 0. The van der Waals surface area contributed by atoms with E-state index < -0.39 is 0 Å². The van der Waals surface area contributed by atoms with Gasteiger partial charge in [-0.15, -0.1) is 36.2 Å². The van der Waals surface area contributed by atoms with Gasteiger partial charge in [-0.2, -0.15) is 0 Å². The summed E-state index contributed by atoms with van der Waals surface area (Å²) in [5.74, 6) is 1.50. The molecule has 0 saturated carbocycles. The van der Waals surface area contributed by atoms with Crippen LogP contribution < -0.4 is 5.32 Å². The Morgan fingerprint density at radius 1 is 1.26 bits per heavy atom. The van der Waals surface area contributed by atoms with E-state index >= 15 is 0 Å². The smallest absolute Gasteiger partial charge is 0.265 e. The second-order valence-electron chi connectivity index (χ2n) is 5.04. The molecule has 4 nitrogen and oxygen atoms in total. The van der Waals surface area contributed by atoms with Crippen molar-refractivity contribution >= 4 is 42.1 Å². The molecule has 1 aromatic heterocycles. The van der Waals surface area contributed by atoms with E-state index in [4.69, 9.17) is 0 Å². The van der Waals surface area contributed by atoms with E-state index in [0.29, 0.717) is 11.8 Å². The molecule has 2 aliphatic heterocycles. The average Bonchev–Trinajstić information content (AvgIpc) is 2.90. The number of halogens is 2. The quantitative estimate of drug-likeness (QED) is 0.858. The molecule has 1 aromatic rings. The molecule has 0 aromatic carbocycles. The molecule has 0 radical (unpaired) electrons. The van der Waals surface area contributed by atoms with Crippen molar-refractivity contribution in [3.05, 3.63) is 15.6 Å². The molecule has 0 bridgehead atoms. The van der Waals surface area contributed by atoms with Crippen LogP contribution in [0.2, 0.25) is 0 Å². The molecule has 0 unspecified atom stereocenters. The number of amides is 1. The zero-order chi connectivity index (χ0) is 12.0. The van der Waals surface area contributed by atoms with Crippen LogP contribution in [0.25, 0.3) is 0 Å². The first kappa shape index (κ1) is 16.7. The summed E-state index contributed by atoms with van der Waals surface area (Å²) in [7, 11) is 0. The number of thiazole rings is 1. The zero-order valence-electron chi connectivity index (χ0n) is 11.0. The average molecular weight is 324 g/mol. The third-order valence-corrected chi connectivity index (χ3v) is 4.84. The van der Waals surface area contributed by atoms with E-state index in [1.807, 2.05) is 18.7 Å². The molecule has 2 fully saturated rings. The molecular weight excluding hydrogens is 305 g/mol. The fourth-order valence-corrected chi connectivity index (χ4v) is 3.78. The zero-order valence-corrected chi connectivity index (χ0v) is 13.5. The molecular formula is C12H19Cl2N3OS. The van der Waals surface area contributed by atoms with Crippen LogP contribution in [0.15, 0.2) is 0 Å². The molecule has 1 amide bonds. The normalized spacial score (nSPS) is 24.6. The summed E-state index contributed by atoms with van der Waals surface area (Å²) in [6.45, 7) is 7.83. The van der Waals surface area contributed by atoms with Crippen molar-refractivity contribution in [2.24, 2.45) is 11.8 Å².